The van der Waals surface area contributed by atoms with Crippen LogP contribution in [0.3, 0.4) is 0 Å². The third-order valence-corrected chi connectivity index (χ3v) is 3.74. The maximum atomic E-state index is 12.0. The summed E-state index contributed by atoms with van der Waals surface area (Å²) in [5.41, 5.74) is 0.958. The van der Waals surface area contributed by atoms with Crippen LogP contribution in [-0.4, -0.2) is 13.0 Å². The van der Waals surface area contributed by atoms with E-state index in [0.717, 1.165) is 0 Å². The van der Waals surface area contributed by atoms with Crippen LogP contribution in [-0.2, 0) is 0 Å². The van der Waals surface area contributed by atoms with Crippen LogP contribution < -0.4 is 10.1 Å². The van der Waals surface area contributed by atoms with Gasteiger partial charge >= 0.3 is 0 Å². The van der Waals surface area contributed by atoms with Gasteiger partial charge < -0.3 is 10.1 Å². The van der Waals surface area contributed by atoms with Crippen LogP contribution in [0.1, 0.15) is 15.2 Å². The van der Waals surface area contributed by atoms with Gasteiger partial charge in [0.05, 0.1) is 29.5 Å². The topological polar surface area (TPSA) is 62.1 Å². The number of ether oxygens (including phenoxy) is 1. The average Bonchev–Trinajstić information content (AvgIpc) is 2.85. The number of benzene rings is 1. The Bertz CT molecular complexity index is 661. The Morgan fingerprint density at radius 1 is 1.47 bits per heavy atom. The zero-order valence-corrected chi connectivity index (χ0v) is 11.5. The van der Waals surface area contributed by atoms with Gasteiger partial charge in [0.25, 0.3) is 5.91 Å². The van der Waals surface area contributed by atoms with Crippen molar-refractivity contribution in [2.24, 2.45) is 0 Å². The second-order valence-electron chi connectivity index (χ2n) is 3.58. The fourth-order valence-electron chi connectivity index (χ4n) is 1.50. The fourth-order valence-corrected chi connectivity index (χ4v) is 2.53. The van der Waals surface area contributed by atoms with E-state index in [4.69, 9.17) is 21.6 Å². The maximum absolute atomic E-state index is 12.0. The Kier molecular flexibility index (Phi) is 4.05. The van der Waals surface area contributed by atoms with Gasteiger partial charge in [0.15, 0.2) is 0 Å². The first-order chi connectivity index (χ1) is 9.15. The number of carbonyl (C=O) groups excluding carboxylic acids is 1. The van der Waals surface area contributed by atoms with E-state index in [-0.39, 0.29) is 5.91 Å². The number of hydrogen-bond donors (Lipinski definition) is 1. The monoisotopic (exact) mass is 292 g/mol. The van der Waals surface area contributed by atoms with Crippen molar-refractivity contribution in [2.45, 2.75) is 0 Å². The molecule has 96 valence electrons. The summed E-state index contributed by atoms with van der Waals surface area (Å²) in [7, 11) is 1.48. The summed E-state index contributed by atoms with van der Waals surface area (Å²) in [6, 6.07) is 8.46. The number of carbonyl (C=O) groups is 1. The molecular formula is C13H9ClN2O2S. The summed E-state index contributed by atoms with van der Waals surface area (Å²) in [4.78, 5) is 12.5. The summed E-state index contributed by atoms with van der Waals surface area (Å²) in [6.07, 6.45) is 0. The van der Waals surface area contributed by atoms with Crippen molar-refractivity contribution in [1.82, 2.24) is 0 Å². The highest BCUT2D eigenvalue weighted by Gasteiger charge is 2.14. The lowest BCUT2D eigenvalue weighted by Crippen LogP contribution is -2.11. The zero-order valence-electron chi connectivity index (χ0n) is 9.94. The molecule has 1 heterocycles. The molecule has 0 fully saturated rings. The molecule has 0 atom stereocenters. The third-order valence-electron chi connectivity index (χ3n) is 2.40. The number of thiophene rings is 1. The SMILES string of the molecule is COc1cc(C#N)ccc1NC(=O)c1sccc1Cl. The van der Waals surface area contributed by atoms with Gasteiger partial charge in [-0.3, -0.25) is 4.79 Å². The minimum absolute atomic E-state index is 0.303. The molecule has 1 aromatic heterocycles. The Hall–Kier alpha value is -2.03. The molecule has 0 aliphatic rings. The molecule has 1 aromatic carbocycles. The number of anilines is 1. The quantitative estimate of drug-likeness (QED) is 0.941. The first-order valence-electron chi connectivity index (χ1n) is 5.28. The van der Waals surface area contributed by atoms with E-state index in [0.29, 0.717) is 26.9 Å². The molecule has 1 N–H and O–H groups in total. The van der Waals surface area contributed by atoms with Gasteiger partial charge in [-0.15, -0.1) is 11.3 Å². The van der Waals surface area contributed by atoms with Crippen LogP contribution in [0.25, 0.3) is 0 Å². The average molecular weight is 293 g/mol. The van der Waals surface area contributed by atoms with E-state index >= 15 is 0 Å². The molecule has 6 heteroatoms. The highest BCUT2D eigenvalue weighted by molar-refractivity contribution is 7.12. The normalized spacial score (nSPS) is 9.74. The van der Waals surface area contributed by atoms with E-state index in [1.165, 1.54) is 18.4 Å². The van der Waals surface area contributed by atoms with Crippen molar-refractivity contribution in [3.05, 3.63) is 45.1 Å². The molecule has 0 saturated carbocycles. The molecule has 0 unspecified atom stereocenters. The molecule has 0 aliphatic heterocycles. The smallest absolute Gasteiger partial charge is 0.267 e. The van der Waals surface area contributed by atoms with Crippen LogP contribution in [0.15, 0.2) is 29.6 Å². The minimum Gasteiger partial charge on any atom is -0.495 e. The van der Waals surface area contributed by atoms with E-state index in [1.807, 2.05) is 6.07 Å². The molecule has 0 bridgehead atoms. The number of nitrogens with one attached hydrogen (secondary N) is 1. The standard InChI is InChI=1S/C13H9ClN2O2S/c1-18-11-6-8(7-15)2-3-10(11)16-13(17)12-9(14)4-5-19-12/h2-6H,1H3,(H,16,17). The largest absolute Gasteiger partial charge is 0.495 e. The van der Waals surface area contributed by atoms with Crippen LogP contribution in [0.4, 0.5) is 5.69 Å². The van der Waals surface area contributed by atoms with Crippen LogP contribution in [0.5, 0.6) is 5.75 Å². The predicted octanol–water partition coefficient (Wildman–Crippen LogP) is 3.53. The van der Waals surface area contributed by atoms with Crippen molar-refractivity contribution in [3.63, 3.8) is 0 Å². The molecular weight excluding hydrogens is 284 g/mol. The van der Waals surface area contributed by atoms with Gasteiger partial charge in [-0.05, 0) is 23.6 Å². The zero-order chi connectivity index (χ0) is 13.8. The number of nitriles is 1. The van der Waals surface area contributed by atoms with Gasteiger partial charge in [0.2, 0.25) is 0 Å². The number of methoxy groups -OCH3 is 1. The van der Waals surface area contributed by atoms with Gasteiger partial charge in [-0.2, -0.15) is 5.26 Å². The number of amides is 1. The highest BCUT2D eigenvalue weighted by Crippen LogP contribution is 2.28. The molecule has 2 rings (SSSR count). The predicted molar refractivity (Wildman–Crippen MR) is 75.0 cm³/mol. The molecule has 1 amide bonds. The second kappa shape index (κ2) is 5.74. The van der Waals surface area contributed by atoms with E-state index in [2.05, 4.69) is 5.32 Å². The van der Waals surface area contributed by atoms with Gasteiger partial charge in [0.1, 0.15) is 10.6 Å². The van der Waals surface area contributed by atoms with Gasteiger partial charge in [-0.25, -0.2) is 0 Å². The number of rotatable bonds is 3. The lowest BCUT2D eigenvalue weighted by Gasteiger charge is -2.09. The minimum atomic E-state index is -0.303. The van der Waals surface area contributed by atoms with Crippen molar-refractivity contribution >= 4 is 34.5 Å². The molecule has 0 radical (unpaired) electrons. The summed E-state index contributed by atoms with van der Waals surface area (Å²) in [5, 5.41) is 13.7. The molecule has 0 spiro atoms. The molecule has 19 heavy (non-hydrogen) atoms. The molecule has 2 aromatic rings. The van der Waals surface area contributed by atoms with Gasteiger partial charge in [-0.1, -0.05) is 11.6 Å². The maximum Gasteiger partial charge on any atom is 0.267 e. The van der Waals surface area contributed by atoms with Crippen LogP contribution in [0, 0.1) is 11.3 Å². The molecule has 4 nitrogen and oxygen atoms in total. The lowest BCUT2D eigenvalue weighted by atomic mass is 10.2. The fraction of sp³-hybridized carbons (Fsp3) is 0.0769. The summed E-state index contributed by atoms with van der Waals surface area (Å²) >= 11 is 7.16. The Balaban J connectivity index is 2.27. The van der Waals surface area contributed by atoms with Crippen molar-refractivity contribution in [3.8, 4) is 11.8 Å². The van der Waals surface area contributed by atoms with E-state index < -0.39 is 0 Å². The Morgan fingerprint density at radius 2 is 2.26 bits per heavy atom. The van der Waals surface area contributed by atoms with Crippen molar-refractivity contribution in [1.29, 1.82) is 5.26 Å². The third kappa shape index (κ3) is 2.87. The highest BCUT2D eigenvalue weighted by atomic mass is 35.5. The first kappa shape index (κ1) is 13.4. The van der Waals surface area contributed by atoms with E-state index in [9.17, 15) is 4.79 Å². The number of hydrogen-bond acceptors (Lipinski definition) is 4. The van der Waals surface area contributed by atoms with Crippen molar-refractivity contribution < 1.29 is 9.53 Å². The number of halogens is 1. The lowest BCUT2D eigenvalue weighted by molar-refractivity contribution is 0.103. The summed E-state index contributed by atoms with van der Waals surface area (Å²) in [6.45, 7) is 0. The Labute approximate surface area is 119 Å². The first-order valence-corrected chi connectivity index (χ1v) is 6.54. The second-order valence-corrected chi connectivity index (χ2v) is 4.90. The summed E-state index contributed by atoms with van der Waals surface area (Å²) in [5.74, 6) is 0.128. The van der Waals surface area contributed by atoms with Crippen molar-refractivity contribution in [2.75, 3.05) is 12.4 Å². The Morgan fingerprint density at radius 3 is 2.84 bits per heavy atom. The molecule has 0 aliphatic carbocycles. The van der Waals surface area contributed by atoms with Crippen LogP contribution in [0.2, 0.25) is 5.02 Å². The van der Waals surface area contributed by atoms with Gasteiger partial charge in [0, 0.05) is 6.07 Å². The van der Waals surface area contributed by atoms with E-state index in [1.54, 1.807) is 29.6 Å². The molecule has 0 saturated heterocycles. The number of nitrogens with zero attached hydrogens (tertiary/aromatic N) is 1. The van der Waals surface area contributed by atoms with Crippen LogP contribution >= 0.6 is 22.9 Å². The summed E-state index contributed by atoms with van der Waals surface area (Å²) < 4.78 is 5.14.